The first-order valence-corrected chi connectivity index (χ1v) is 9.33. The number of methoxy groups -OCH3 is 3. The van der Waals surface area contributed by atoms with Crippen molar-refractivity contribution in [3.05, 3.63) is 77.4 Å². The van der Waals surface area contributed by atoms with Crippen LogP contribution in [0, 0.1) is 0 Å². The van der Waals surface area contributed by atoms with E-state index in [9.17, 15) is 9.90 Å². The van der Waals surface area contributed by atoms with Crippen LogP contribution in [0.1, 0.15) is 21.5 Å². The van der Waals surface area contributed by atoms with Crippen molar-refractivity contribution in [2.75, 3.05) is 26.2 Å². The van der Waals surface area contributed by atoms with Gasteiger partial charge in [-0.2, -0.15) is 4.98 Å². The van der Waals surface area contributed by atoms with Crippen LogP contribution < -0.4 is 19.1 Å². The molecule has 0 aliphatic heterocycles. The van der Waals surface area contributed by atoms with Gasteiger partial charge in [0.15, 0.2) is 0 Å². The van der Waals surface area contributed by atoms with Crippen LogP contribution in [0.15, 0.2) is 60.7 Å². The van der Waals surface area contributed by atoms with Crippen molar-refractivity contribution >= 4 is 11.7 Å². The minimum atomic E-state index is -1.09. The molecule has 0 aliphatic carbocycles. The van der Waals surface area contributed by atoms with Crippen LogP contribution >= 0.6 is 0 Å². The molecular formula is C23H24N2O5. The van der Waals surface area contributed by atoms with Gasteiger partial charge in [-0.05, 0) is 23.3 Å². The molecular weight excluding hydrogens is 384 g/mol. The van der Waals surface area contributed by atoms with Crippen LogP contribution in [0.4, 0.5) is 5.69 Å². The molecule has 0 fully saturated rings. The molecule has 1 heterocycles. The second-order valence-electron chi connectivity index (χ2n) is 6.56. The number of hydrogen-bond donors (Lipinski definition) is 1. The van der Waals surface area contributed by atoms with E-state index in [1.807, 2.05) is 59.5 Å². The number of pyridine rings is 1. The average molecular weight is 408 g/mol. The fraction of sp³-hybridized carbons (Fsp3) is 0.217. The van der Waals surface area contributed by atoms with Gasteiger partial charge in [0.25, 0.3) is 0 Å². The summed E-state index contributed by atoms with van der Waals surface area (Å²) < 4.78 is 15.8. The summed E-state index contributed by atoms with van der Waals surface area (Å²) >= 11 is 0. The molecule has 1 aromatic heterocycles. The van der Waals surface area contributed by atoms with Crippen molar-refractivity contribution < 1.29 is 24.1 Å². The monoisotopic (exact) mass is 408 g/mol. The van der Waals surface area contributed by atoms with E-state index in [4.69, 9.17) is 14.2 Å². The Hall–Kier alpha value is -3.74. The summed E-state index contributed by atoms with van der Waals surface area (Å²) in [5.41, 5.74) is 2.47. The van der Waals surface area contributed by atoms with E-state index in [0.29, 0.717) is 18.8 Å². The van der Waals surface area contributed by atoms with Crippen LogP contribution in [-0.2, 0) is 13.1 Å². The van der Waals surface area contributed by atoms with E-state index >= 15 is 0 Å². The van der Waals surface area contributed by atoms with Crippen molar-refractivity contribution in [2.45, 2.75) is 13.1 Å². The van der Waals surface area contributed by atoms with E-state index in [-0.39, 0.29) is 17.3 Å². The number of carbonyl (C=O) groups is 1. The van der Waals surface area contributed by atoms with Crippen molar-refractivity contribution in [1.82, 2.24) is 4.98 Å². The fourth-order valence-electron chi connectivity index (χ4n) is 3.18. The van der Waals surface area contributed by atoms with E-state index in [0.717, 1.165) is 16.9 Å². The van der Waals surface area contributed by atoms with Gasteiger partial charge in [0, 0.05) is 19.2 Å². The second-order valence-corrected chi connectivity index (χ2v) is 6.56. The Kier molecular flexibility index (Phi) is 6.75. The topological polar surface area (TPSA) is 81.1 Å². The van der Waals surface area contributed by atoms with E-state index in [2.05, 4.69) is 4.98 Å². The van der Waals surface area contributed by atoms with E-state index in [1.165, 1.54) is 20.3 Å². The lowest BCUT2D eigenvalue weighted by Crippen LogP contribution is -2.25. The van der Waals surface area contributed by atoms with E-state index < -0.39 is 5.97 Å². The van der Waals surface area contributed by atoms with Crippen molar-refractivity contribution in [2.24, 2.45) is 0 Å². The Morgan fingerprint density at radius 3 is 2.07 bits per heavy atom. The van der Waals surface area contributed by atoms with Gasteiger partial charge in [-0.1, -0.05) is 42.5 Å². The molecule has 0 bridgehead atoms. The van der Waals surface area contributed by atoms with Crippen molar-refractivity contribution in [1.29, 1.82) is 0 Å². The van der Waals surface area contributed by atoms with Crippen LogP contribution in [0.3, 0.4) is 0 Å². The average Bonchev–Trinajstić information content (AvgIpc) is 2.78. The molecule has 0 spiro atoms. The molecule has 2 aromatic carbocycles. The molecule has 0 atom stereocenters. The highest BCUT2D eigenvalue weighted by Crippen LogP contribution is 2.35. The highest BCUT2D eigenvalue weighted by atomic mass is 16.5. The Morgan fingerprint density at radius 2 is 1.53 bits per heavy atom. The van der Waals surface area contributed by atoms with Gasteiger partial charge < -0.3 is 24.2 Å². The number of hydrogen-bond acceptors (Lipinski definition) is 6. The summed E-state index contributed by atoms with van der Waals surface area (Å²) in [6, 6.07) is 18.9. The number of nitrogens with zero attached hydrogens (tertiary/aromatic N) is 2. The number of aromatic nitrogens is 1. The zero-order valence-corrected chi connectivity index (χ0v) is 17.2. The summed E-state index contributed by atoms with van der Waals surface area (Å²) in [4.78, 5) is 18.3. The molecule has 7 nitrogen and oxygen atoms in total. The summed E-state index contributed by atoms with van der Waals surface area (Å²) in [6.07, 6.45) is 0. The quantitative estimate of drug-likeness (QED) is 0.573. The predicted octanol–water partition coefficient (Wildman–Crippen LogP) is 4.01. The summed E-state index contributed by atoms with van der Waals surface area (Å²) in [6.45, 7) is 0.918. The van der Waals surface area contributed by atoms with Gasteiger partial charge in [-0.15, -0.1) is 0 Å². The third kappa shape index (κ3) is 4.81. The highest BCUT2D eigenvalue weighted by molar-refractivity contribution is 5.96. The van der Waals surface area contributed by atoms with Crippen molar-refractivity contribution in [3.8, 4) is 17.5 Å². The molecule has 1 N–H and O–H groups in total. The maximum atomic E-state index is 12.1. The summed E-state index contributed by atoms with van der Waals surface area (Å²) in [7, 11) is 4.51. The Balaban J connectivity index is 2.09. The highest BCUT2D eigenvalue weighted by Gasteiger charge is 2.24. The van der Waals surface area contributed by atoms with Gasteiger partial charge in [0.1, 0.15) is 11.4 Å². The second kappa shape index (κ2) is 9.65. The molecule has 0 aliphatic rings. The smallest absolute Gasteiger partial charge is 0.338 e. The number of aromatic carboxylic acids is 1. The predicted molar refractivity (Wildman–Crippen MR) is 114 cm³/mol. The molecule has 0 saturated heterocycles. The number of carboxylic acids is 1. The van der Waals surface area contributed by atoms with Crippen LogP contribution in [0.5, 0.6) is 17.5 Å². The van der Waals surface area contributed by atoms with Crippen molar-refractivity contribution in [3.63, 3.8) is 0 Å². The molecule has 156 valence electrons. The first-order valence-electron chi connectivity index (χ1n) is 9.33. The molecule has 0 radical (unpaired) electrons. The Morgan fingerprint density at radius 1 is 0.900 bits per heavy atom. The van der Waals surface area contributed by atoms with Gasteiger partial charge in [0.2, 0.25) is 11.8 Å². The summed E-state index contributed by atoms with van der Waals surface area (Å²) in [5.74, 6) is 0.0355. The lowest BCUT2D eigenvalue weighted by molar-refractivity contribution is 0.0696. The third-order valence-corrected chi connectivity index (χ3v) is 4.64. The Labute approximate surface area is 175 Å². The largest absolute Gasteiger partial charge is 0.497 e. The fourth-order valence-corrected chi connectivity index (χ4v) is 3.18. The number of rotatable bonds is 9. The standard InChI is InChI=1S/C23H24N2O5/c1-28-18-11-9-17(10-12-18)15-25(14-16-7-5-4-6-8-16)21-19(23(26)27)13-20(29-2)24-22(21)30-3/h4-13H,14-15H2,1-3H3,(H,26,27). The lowest BCUT2D eigenvalue weighted by Gasteiger charge is -2.28. The minimum absolute atomic E-state index is 0.0585. The zero-order valence-electron chi connectivity index (χ0n) is 17.2. The first-order chi connectivity index (χ1) is 14.5. The van der Waals surface area contributed by atoms with Gasteiger partial charge in [-0.25, -0.2) is 4.79 Å². The maximum absolute atomic E-state index is 12.1. The zero-order chi connectivity index (χ0) is 21.5. The minimum Gasteiger partial charge on any atom is -0.497 e. The molecule has 3 rings (SSSR count). The Bertz CT molecular complexity index is 990. The molecule has 0 saturated carbocycles. The number of ether oxygens (including phenoxy) is 3. The van der Waals surface area contributed by atoms with Crippen LogP contribution in [-0.4, -0.2) is 37.4 Å². The molecule has 7 heteroatoms. The van der Waals surface area contributed by atoms with Gasteiger partial charge in [0.05, 0.1) is 26.9 Å². The summed E-state index contributed by atoms with van der Waals surface area (Å²) in [5, 5.41) is 9.87. The van der Waals surface area contributed by atoms with Gasteiger partial charge in [-0.3, -0.25) is 0 Å². The third-order valence-electron chi connectivity index (χ3n) is 4.64. The SMILES string of the molecule is COc1ccc(CN(Cc2ccccc2)c2c(C(=O)O)cc(OC)nc2OC)cc1. The molecule has 3 aromatic rings. The van der Waals surface area contributed by atoms with E-state index in [1.54, 1.807) is 7.11 Å². The first kappa shape index (κ1) is 21.0. The molecule has 30 heavy (non-hydrogen) atoms. The van der Waals surface area contributed by atoms with Crippen LogP contribution in [0.25, 0.3) is 0 Å². The number of carboxylic acid groups (broad SMARTS) is 1. The molecule has 0 amide bonds. The number of anilines is 1. The van der Waals surface area contributed by atoms with Crippen LogP contribution in [0.2, 0.25) is 0 Å². The van der Waals surface area contributed by atoms with Gasteiger partial charge >= 0.3 is 5.97 Å². The maximum Gasteiger partial charge on any atom is 0.338 e. The normalized spacial score (nSPS) is 10.4. The lowest BCUT2D eigenvalue weighted by atomic mass is 10.1. The number of benzene rings is 2. The molecule has 0 unspecified atom stereocenters.